The van der Waals surface area contributed by atoms with Gasteiger partial charge in [0.2, 0.25) is 5.91 Å². The second kappa shape index (κ2) is 4.72. The molecule has 0 radical (unpaired) electrons. The minimum atomic E-state index is -0.988. The van der Waals surface area contributed by atoms with Gasteiger partial charge in [-0.05, 0) is 25.1 Å². The molecule has 0 saturated heterocycles. The molecule has 2 aromatic rings. The van der Waals surface area contributed by atoms with Crippen LogP contribution in [0.2, 0.25) is 0 Å². The summed E-state index contributed by atoms with van der Waals surface area (Å²) in [5, 5.41) is 8.94. The zero-order chi connectivity index (χ0) is 14.2. The molecule has 1 amide bonds. The molecule has 0 aliphatic heterocycles. The summed E-state index contributed by atoms with van der Waals surface area (Å²) in [5.74, 6) is -0.337. The number of carboxylic acid groups (broad SMARTS) is 1. The third kappa shape index (κ3) is 2.42. The van der Waals surface area contributed by atoms with Gasteiger partial charge in [-0.15, -0.1) is 0 Å². The van der Waals surface area contributed by atoms with E-state index in [1.165, 1.54) is 17.0 Å². The summed E-state index contributed by atoms with van der Waals surface area (Å²) in [4.78, 5) is 28.5. The smallest absolute Gasteiger partial charge is 0.335 e. The van der Waals surface area contributed by atoms with E-state index in [4.69, 9.17) is 5.11 Å². The molecule has 1 heterocycles. The Morgan fingerprint density at radius 1 is 1.37 bits per heavy atom. The normalized spacial score (nSPS) is 10.7. The molecule has 0 spiro atoms. The summed E-state index contributed by atoms with van der Waals surface area (Å²) in [6.45, 7) is 1.99. The Bertz CT molecular complexity index is 658. The van der Waals surface area contributed by atoms with Crippen LogP contribution in [0.15, 0.2) is 18.2 Å². The minimum absolute atomic E-state index is 0.0373. The monoisotopic (exact) mass is 261 g/mol. The Labute approximate surface area is 110 Å². The van der Waals surface area contributed by atoms with Crippen molar-refractivity contribution in [3.05, 3.63) is 29.6 Å². The van der Waals surface area contributed by atoms with Crippen molar-refractivity contribution in [2.45, 2.75) is 13.5 Å². The van der Waals surface area contributed by atoms with Crippen molar-refractivity contribution in [1.29, 1.82) is 0 Å². The highest BCUT2D eigenvalue weighted by Gasteiger charge is 2.13. The van der Waals surface area contributed by atoms with Crippen LogP contribution in [0.25, 0.3) is 11.0 Å². The standard InChI is InChI=1S/C13H15N3O3/c1-8-14-10-6-9(13(18)19)4-5-11(10)16(8)7-12(17)15(2)3/h4-6H,7H2,1-3H3,(H,18,19). The third-order valence-corrected chi connectivity index (χ3v) is 2.98. The number of hydrogen-bond donors (Lipinski definition) is 1. The van der Waals surface area contributed by atoms with E-state index in [1.54, 1.807) is 31.7 Å². The van der Waals surface area contributed by atoms with Crippen molar-refractivity contribution in [2.75, 3.05) is 14.1 Å². The lowest BCUT2D eigenvalue weighted by atomic mass is 10.2. The summed E-state index contributed by atoms with van der Waals surface area (Å²) in [5.41, 5.74) is 1.54. The second-order valence-electron chi connectivity index (χ2n) is 4.54. The summed E-state index contributed by atoms with van der Waals surface area (Å²) in [6, 6.07) is 4.71. The summed E-state index contributed by atoms with van der Waals surface area (Å²) in [6.07, 6.45) is 0. The Morgan fingerprint density at radius 2 is 2.05 bits per heavy atom. The van der Waals surface area contributed by atoms with Crippen molar-refractivity contribution < 1.29 is 14.7 Å². The first-order valence-electron chi connectivity index (χ1n) is 5.80. The number of nitrogens with zero attached hydrogens (tertiary/aromatic N) is 3. The minimum Gasteiger partial charge on any atom is -0.478 e. The molecule has 1 aromatic carbocycles. The van der Waals surface area contributed by atoms with Gasteiger partial charge >= 0.3 is 5.97 Å². The van der Waals surface area contributed by atoms with Crippen LogP contribution < -0.4 is 0 Å². The lowest BCUT2D eigenvalue weighted by molar-refractivity contribution is -0.129. The van der Waals surface area contributed by atoms with Gasteiger partial charge in [0.1, 0.15) is 12.4 Å². The highest BCUT2D eigenvalue weighted by atomic mass is 16.4. The average Bonchev–Trinajstić information content (AvgIpc) is 2.64. The number of aryl methyl sites for hydroxylation is 1. The number of carbonyl (C=O) groups excluding carboxylic acids is 1. The van der Waals surface area contributed by atoms with E-state index >= 15 is 0 Å². The number of likely N-dealkylation sites (N-methyl/N-ethyl adjacent to an activating group) is 1. The molecule has 6 nitrogen and oxygen atoms in total. The van der Waals surface area contributed by atoms with E-state index in [1.807, 2.05) is 0 Å². The number of aromatic carboxylic acids is 1. The predicted octanol–water partition coefficient (Wildman–Crippen LogP) is 1.13. The molecule has 0 bridgehead atoms. The number of amides is 1. The van der Waals surface area contributed by atoms with E-state index < -0.39 is 5.97 Å². The van der Waals surface area contributed by atoms with Crippen LogP contribution in [-0.2, 0) is 11.3 Å². The van der Waals surface area contributed by atoms with Crippen molar-refractivity contribution >= 4 is 22.9 Å². The molecular formula is C13H15N3O3. The first-order chi connectivity index (χ1) is 8.90. The van der Waals surface area contributed by atoms with Gasteiger partial charge in [0, 0.05) is 14.1 Å². The maximum Gasteiger partial charge on any atom is 0.335 e. The van der Waals surface area contributed by atoms with E-state index in [0.717, 1.165) is 5.52 Å². The molecule has 1 N–H and O–H groups in total. The van der Waals surface area contributed by atoms with Gasteiger partial charge in [-0.25, -0.2) is 9.78 Å². The Hall–Kier alpha value is -2.37. The lowest BCUT2D eigenvalue weighted by Crippen LogP contribution is -2.26. The van der Waals surface area contributed by atoms with Crippen LogP contribution in [0.5, 0.6) is 0 Å². The van der Waals surface area contributed by atoms with Crippen molar-refractivity contribution in [3.8, 4) is 0 Å². The summed E-state index contributed by atoms with van der Waals surface area (Å²) < 4.78 is 1.78. The highest BCUT2D eigenvalue weighted by Crippen LogP contribution is 2.18. The Morgan fingerprint density at radius 3 is 2.63 bits per heavy atom. The second-order valence-corrected chi connectivity index (χ2v) is 4.54. The third-order valence-electron chi connectivity index (χ3n) is 2.98. The number of rotatable bonds is 3. The maximum atomic E-state index is 11.8. The van der Waals surface area contributed by atoms with Gasteiger partial charge in [0.15, 0.2) is 0 Å². The van der Waals surface area contributed by atoms with Crippen molar-refractivity contribution in [3.63, 3.8) is 0 Å². The van der Waals surface area contributed by atoms with Crippen molar-refractivity contribution in [1.82, 2.24) is 14.5 Å². The topological polar surface area (TPSA) is 75.4 Å². The van der Waals surface area contributed by atoms with Crippen LogP contribution >= 0.6 is 0 Å². The highest BCUT2D eigenvalue weighted by molar-refractivity contribution is 5.92. The van der Waals surface area contributed by atoms with Gasteiger partial charge in [-0.1, -0.05) is 0 Å². The van der Waals surface area contributed by atoms with Crippen molar-refractivity contribution in [2.24, 2.45) is 0 Å². The number of carbonyl (C=O) groups is 2. The molecule has 1 aromatic heterocycles. The quantitative estimate of drug-likeness (QED) is 0.898. The fourth-order valence-corrected chi connectivity index (χ4v) is 1.86. The fraction of sp³-hybridized carbons (Fsp3) is 0.308. The number of imidazole rings is 1. The lowest BCUT2D eigenvalue weighted by Gasteiger charge is -2.12. The largest absolute Gasteiger partial charge is 0.478 e. The first-order valence-corrected chi connectivity index (χ1v) is 5.80. The van der Waals surface area contributed by atoms with E-state index in [9.17, 15) is 9.59 Å². The average molecular weight is 261 g/mol. The summed E-state index contributed by atoms with van der Waals surface area (Å²) in [7, 11) is 3.39. The fourth-order valence-electron chi connectivity index (χ4n) is 1.86. The van der Waals surface area contributed by atoms with Crippen LogP contribution in [0.4, 0.5) is 0 Å². The summed E-state index contributed by atoms with van der Waals surface area (Å²) >= 11 is 0. The zero-order valence-electron chi connectivity index (χ0n) is 11.0. The van der Waals surface area contributed by atoms with E-state index in [-0.39, 0.29) is 18.0 Å². The molecule has 100 valence electrons. The number of hydrogen-bond acceptors (Lipinski definition) is 3. The van der Waals surface area contributed by atoms with Gasteiger partial charge in [0.05, 0.1) is 16.6 Å². The van der Waals surface area contributed by atoms with Crippen LogP contribution in [0.3, 0.4) is 0 Å². The van der Waals surface area contributed by atoms with Crippen LogP contribution in [0.1, 0.15) is 16.2 Å². The molecule has 19 heavy (non-hydrogen) atoms. The number of fused-ring (bicyclic) bond motifs is 1. The van der Waals surface area contributed by atoms with Gasteiger partial charge < -0.3 is 14.6 Å². The number of benzene rings is 1. The van der Waals surface area contributed by atoms with Gasteiger partial charge in [0.25, 0.3) is 0 Å². The first kappa shape index (κ1) is 13.1. The zero-order valence-corrected chi connectivity index (χ0v) is 11.0. The molecule has 0 unspecified atom stereocenters. The van der Waals surface area contributed by atoms with E-state index in [2.05, 4.69) is 4.98 Å². The van der Waals surface area contributed by atoms with E-state index in [0.29, 0.717) is 11.3 Å². The molecular weight excluding hydrogens is 246 g/mol. The van der Waals surface area contributed by atoms with Crippen LogP contribution in [-0.4, -0.2) is 45.5 Å². The number of aromatic nitrogens is 2. The SMILES string of the molecule is Cc1nc2cc(C(=O)O)ccc2n1CC(=O)N(C)C. The maximum absolute atomic E-state index is 11.8. The molecule has 2 rings (SSSR count). The van der Waals surface area contributed by atoms with Gasteiger partial charge in [-0.2, -0.15) is 0 Å². The molecule has 0 atom stereocenters. The Balaban J connectivity index is 2.48. The molecule has 6 heteroatoms. The molecule has 0 saturated carbocycles. The van der Waals surface area contributed by atoms with Gasteiger partial charge in [-0.3, -0.25) is 4.79 Å². The molecule has 0 aliphatic carbocycles. The molecule has 0 aliphatic rings. The Kier molecular flexibility index (Phi) is 3.25. The predicted molar refractivity (Wildman–Crippen MR) is 70.1 cm³/mol. The number of carboxylic acids is 1. The van der Waals surface area contributed by atoms with Crippen LogP contribution in [0, 0.1) is 6.92 Å². The molecule has 0 fully saturated rings.